The molecule has 2 aromatic carbocycles. The number of fused-ring (bicyclic) bond motifs is 5. The van der Waals surface area contributed by atoms with Crippen LogP contribution in [0.4, 0.5) is 5.69 Å². The monoisotopic (exact) mass is 649 g/mol. The van der Waals surface area contributed by atoms with E-state index in [0.29, 0.717) is 23.8 Å². The number of benzene rings is 2. The number of anilines is 1. The van der Waals surface area contributed by atoms with E-state index in [1.54, 1.807) is 5.57 Å². The Morgan fingerprint density at radius 2 is 1.54 bits per heavy atom. The topological polar surface area (TPSA) is 18.8 Å². The predicted octanol–water partition coefficient (Wildman–Crippen LogP) is 10.4. The van der Waals surface area contributed by atoms with Crippen LogP contribution in [0.3, 0.4) is 0 Å². The Hall–Kier alpha value is -5.15. The zero-order chi connectivity index (χ0) is 33.0. The molecule has 2 aromatic rings. The molecule has 0 saturated carbocycles. The first-order valence-corrected chi connectivity index (χ1v) is 18.7. The first-order chi connectivity index (χ1) is 24.8. The first-order valence-electron chi connectivity index (χ1n) is 18.7. The lowest BCUT2D eigenvalue weighted by molar-refractivity contribution is 0.377. The van der Waals surface area contributed by atoms with Crippen LogP contribution in [0, 0.1) is 11.8 Å². The summed E-state index contributed by atoms with van der Waals surface area (Å²) in [5.74, 6) is 1.05. The molecule has 0 spiro atoms. The zero-order valence-corrected chi connectivity index (χ0v) is 28.5. The van der Waals surface area contributed by atoms with Crippen molar-refractivity contribution < 1.29 is 0 Å². The quantitative estimate of drug-likeness (QED) is 0.321. The highest BCUT2D eigenvalue weighted by Gasteiger charge is 2.46. The average molecular weight is 650 g/mol. The largest absolute Gasteiger partial charge is 0.342 e. The molecule has 8 aliphatic rings. The lowest BCUT2D eigenvalue weighted by Gasteiger charge is -2.38. The lowest BCUT2D eigenvalue weighted by atomic mass is 9.74. The Bertz CT molecular complexity index is 2100. The molecule has 0 bridgehead atoms. The van der Waals surface area contributed by atoms with Crippen LogP contribution >= 0.6 is 0 Å². The molecule has 3 heterocycles. The number of nitrogens with zero attached hydrogens (tertiary/aromatic N) is 3. The van der Waals surface area contributed by atoms with Gasteiger partial charge in [0.25, 0.3) is 0 Å². The molecule has 50 heavy (non-hydrogen) atoms. The van der Waals surface area contributed by atoms with Gasteiger partial charge in [-0.2, -0.15) is 0 Å². The van der Waals surface area contributed by atoms with Gasteiger partial charge in [-0.15, -0.1) is 0 Å². The number of hydrogen-bond donors (Lipinski definition) is 0. The van der Waals surface area contributed by atoms with Crippen LogP contribution in [-0.4, -0.2) is 28.9 Å². The van der Waals surface area contributed by atoms with Gasteiger partial charge in [0.1, 0.15) is 6.17 Å². The summed E-state index contributed by atoms with van der Waals surface area (Å²) in [4.78, 5) is 10.8. The number of dihydropyridines is 1. The van der Waals surface area contributed by atoms with Gasteiger partial charge in [-0.25, -0.2) is 0 Å². The van der Waals surface area contributed by atoms with Crippen molar-refractivity contribution in [2.45, 2.75) is 62.7 Å². The van der Waals surface area contributed by atoms with Gasteiger partial charge in [-0.1, -0.05) is 128 Å². The van der Waals surface area contributed by atoms with Crippen molar-refractivity contribution in [3.63, 3.8) is 0 Å². The summed E-state index contributed by atoms with van der Waals surface area (Å²) in [7, 11) is 0. The van der Waals surface area contributed by atoms with Crippen LogP contribution in [0.2, 0.25) is 0 Å². The molecule has 0 aromatic heterocycles. The van der Waals surface area contributed by atoms with E-state index in [9.17, 15) is 0 Å². The molecular formula is C47H43N3. The lowest BCUT2D eigenvalue weighted by Crippen LogP contribution is -2.42. The van der Waals surface area contributed by atoms with Crippen molar-refractivity contribution in [2.24, 2.45) is 16.8 Å². The van der Waals surface area contributed by atoms with Crippen molar-refractivity contribution in [2.75, 3.05) is 4.90 Å². The maximum atomic E-state index is 5.53. The van der Waals surface area contributed by atoms with Gasteiger partial charge in [0, 0.05) is 41.3 Å². The van der Waals surface area contributed by atoms with E-state index in [1.165, 1.54) is 44.9 Å². The molecule has 3 heteroatoms. The highest BCUT2D eigenvalue weighted by molar-refractivity contribution is 6.10. The van der Waals surface area contributed by atoms with Crippen molar-refractivity contribution in [3.8, 4) is 0 Å². The minimum atomic E-state index is 0.0178. The highest BCUT2D eigenvalue weighted by atomic mass is 15.3. The molecule has 0 fully saturated rings. The number of aliphatic imine (C=N–C) groups is 1. The maximum Gasteiger partial charge on any atom is 0.126 e. The molecule has 6 atom stereocenters. The zero-order valence-electron chi connectivity index (χ0n) is 28.5. The summed E-state index contributed by atoms with van der Waals surface area (Å²) in [5.41, 5.74) is 13.6. The maximum absolute atomic E-state index is 5.53. The third-order valence-corrected chi connectivity index (χ3v) is 11.9. The van der Waals surface area contributed by atoms with Gasteiger partial charge < -0.3 is 9.80 Å². The predicted molar refractivity (Wildman–Crippen MR) is 207 cm³/mol. The van der Waals surface area contributed by atoms with Crippen molar-refractivity contribution >= 4 is 11.4 Å². The number of para-hydroxylation sites is 1. The summed E-state index contributed by atoms with van der Waals surface area (Å²) < 4.78 is 0. The summed E-state index contributed by atoms with van der Waals surface area (Å²) in [5, 5.41) is 0. The minimum Gasteiger partial charge on any atom is -0.342 e. The van der Waals surface area contributed by atoms with Crippen LogP contribution in [0.1, 0.15) is 55.6 Å². The Morgan fingerprint density at radius 3 is 2.40 bits per heavy atom. The normalized spacial score (nSPS) is 30.3. The third kappa shape index (κ3) is 4.89. The Balaban J connectivity index is 1.02. The van der Waals surface area contributed by atoms with Gasteiger partial charge >= 0.3 is 0 Å². The number of rotatable bonds is 5. The Morgan fingerprint density at radius 1 is 0.700 bits per heavy atom. The number of hydrogen-bond acceptors (Lipinski definition) is 3. The summed E-state index contributed by atoms with van der Waals surface area (Å²) in [6.45, 7) is 0. The summed E-state index contributed by atoms with van der Waals surface area (Å²) >= 11 is 0. The molecule has 10 rings (SSSR count). The molecule has 6 unspecified atom stereocenters. The second kappa shape index (κ2) is 12.3. The van der Waals surface area contributed by atoms with Crippen LogP contribution < -0.4 is 4.90 Å². The van der Waals surface area contributed by atoms with Crippen molar-refractivity contribution in [1.29, 1.82) is 0 Å². The molecule has 3 aliphatic heterocycles. The Kier molecular flexibility index (Phi) is 7.33. The smallest absolute Gasteiger partial charge is 0.126 e. The van der Waals surface area contributed by atoms with Gasteiger partial charge in [0.05, 0.1) is 17.8 Å². The summed E-state index contributed by atoms with van der Waals surface area (Å²) in [6.07, 6.45) is 44.8. The van der Waals surface area contributed by atoms with Crippen molar-refractivity contribution in [3.05, 3.63) is 197 Å². The molecular weight excluding hydrogens is 607 g/mol. The van der Waals surface area contributed by atoms with Crippen LogP contribution in [0.15, 0.2) is 190 Å². The van der Waals surface area contributed by atoms with E-state index in [4.69, 9.17) is 4.99 Å². The van der Waals surface area contributed by atoms with Gasteiger partial charge in [0.15, 0.2) is 0 Å². The van der Waals surface area contributed by atoms with E-state index < -0.39 is 0 Å². The molecule has 0 N–H and O–H groups in total. The van der Waals surface area contributed by atoms with Gasteiger partial charge in [-0.05, 0) is 89.8 Å². The molecule has 3 nitrogen and oxygen atoms in total. The van der Waals surface area contributed by atoms with Gasteiger partial charge in [-0.3, -0.25) is 4.99 Å². The fraction of sp³-hybridized carbons (Fsp3) is 0.255. The first kappa shape index (κ1) is 29.7. The Labute approximate surface area is 296 Å². The average Bonchev–Trinajstić information content (AvgIpc) is 3.71. The van der Waals surface area contributed by atoms with Gasteiger partial charge in [0.2, 0.25) is 0 Å². The minimum absolute atomic E-state index is 0.0178. The van der Waals surface area contributed by atoms with E-state index in [0.717, 1.165) is 44.2 Å². The standard InChI is InChI=1S/C47H43N3/c1-4-15-32(16-5-1)35-30-41(33-17-6-2-7-18-33)48-46(31-35)50-42-24-12-10-21-38(42)40-29-34(27-28-44(40)50)37-23-14-26-45-47(37)39-22-11-13-25-43(39)49(45)36-19-8-3-9-20-36/h2,4,6-8,10-22,24-30,37,39-40,43-44,46H,1,3,5,9,23,31H2. The molecule has 0 saturated heterocycles. The second-order valence-corrected chi connectivity index (χ2v) is 14.7. The number of allylic oxidation sites excluding steroid dienone is 14. The highest BCUT2D eigenvalue weighted by Crippen LogP contribution is 2.52. The SMILES string of the molecule is C1=CC2C3=C(C=CCC3C3=CC4c5ccccc5N(C5CC(C6=CCCC=C6)=CC(c6ccccc6)=N5)C4C=C3)N(C3=CCCC=C3)C2C=C1. The van der Waals surface area contributed by atoms with Crippen LogP contribution in [0.25, 0.3) is 0 Å². The van der Waals surface area contributed by atoms with Crippen molar-refractivity contribution in [1.82, 2.24) is 4.90 Å². The molecule has 0 amide bonds. The van der Waals surface area contributed by atoms with E-state index in [2.05, 4.69) is 162 Å². The molecule has 5 aliphatic carbocycles. The summed E-state index contributed by atoms with van der Waals surface area (Å²) in [6, 6.07) is 20.4. The van der Waals surface area contributed by atoms with Crippen LogP contribution in [0.5, 0.6) is 0 Å². The molecule has 246 valence electrons. The van der Waals surface area contributed by atoms with E-state index in [1.807, 2.05) is 0 Å². The molecule has 0 radical (unpaired) electrons. The van der Waals surface area contributed by atoms with Crippen LogP contribution in [-0.2, 0) is 0 Å². The fourth-order valence-electron chi connectivity index (χ4n) is 9.67. The van der Waals surface area contributed by atoms with E-state index in [-0.39, 0.29) is 12.2 Å². The third-order valence-electron chi connectivity index (χ3n) is 11.9. The second-order valence-electron chi connectivity index (χ2n) is 14.7. The fourth-order valence-corrected chi connectivity index (χ4v) is 9.67. The van der Waals surface area contributed by atoms with E-state index >= 15 is 0 Å².